The molecule has 1 aromatic heterocycles. The van der Waals surface area contributed by atoms with Crippen molar-refractivity contribution < 1.29 is 24.2 Å². The van der Waals surface area contributed by atoms with Crippen LogP contribution in [0, 0.1) is 6.92 Å². The number of aliphatic hydroxyl groups is 1. The molecular weight excluding hydrogens is 408 g/mol. The average molecular weight is 430 g/mol. The first kappa shape index (κ1) is 21.1. The van der Waals surface area contributed by atoms with Crippen molar-refractivity contribution in [1.82, 2.24) is 4.98 Å². The second kappa shape index (κ2) is 8.55. The summed E-state index contributed by atoms with van der Waals surface area (Å²) in [5, 5.41) is 11.4. The van der Waals surface area contributed by atoms with Crippen LogP contribution >= 0.6 is 0 Å². The number of rotatable bonds is 5. The number of benzene rings is 2. The van der Waals surface area contributed by atoms with Gasteiger partial charge in [0.15, 0.2) is 0 Å². The van der Waals surface area contributed by atoms with Crippen molar-refractivity contribution in [3.8, 4) is 11.5 Å². The van der Waals surface area contributed by atoms with Crippen LogP contribution in [0.3, 0.4) is 0 Å². The summed E-state index contributed by atoms with van der Waals surface area (Å²) in [7, 11) is 2.90. The van der Waals surface area contributed by atoms with Crippen LogP contribution in [0.1, 0.15) is 22.9 Å². The second-order valence-electron chi connectivity index (χ2n) is 7.25. The molecule has 1 aliphatic rings. The number of hydrogen-bond acceptors (Lipinski definition) is 6. The molecule has 4 rings (SSSR count). The van der Waals surface area contributed by atoms with Crippen LogP contribution < -0.4 is 14.4 Å². The molecule has 0 aliphatic carbocycles. The molecule has 2 aromatic carbocycles. The number of anilines is 1. The molecule has 7 nitrogen and oxygen atoms in total. The first-order valence-corrected chi connectivity index (χ1v) is 9.98. The van der Waals surface area contributed by atoms with Gasteiger partial charge in [0, 0.05) is 11.9 Å². The monoisotopic (exact) mass is 430 g/mol. The Morgan fingerprint density at radius 1 is 0.938 bits per heavy atom. The van der Waals surface area contributed by atoms with Gasteiger partial charge < -0.3 is 14.6 Å². The van der Waals surface area contributed by atoms with E-state index in [9.17, 15) is 14.7 Å². The van der Waals surface area contributed by atoms with Crippen molar-refractivity contribution in [1.29, 1.82) is 0 Å². The summed E-state index contributed by atoms with van der Waals surface area (Å²) in [6.07, 6.45) is 1.58. The Morgan fingerprint density at radius 2 is 1.59 bits per heavy atom. The zero-order valence-electron chi connectivity index (χ0n) is 17.9. The van der Waals surface area contributed by atoms with Gasteiger partial charge in [-0.2, -0.15) is 0 Å². The highest BCUT2D eigenvalue weighted by Gasteiger charge is 2.48. The number of methoxy groups -OCH3 is 2. The number of nitrogens with zero attached hydrogens (tertiary/aromatic N) is 2. The zero-order valence-corrected chi connectivity index (χ0v) is 17.9. The number of amides is 1. The Bertz CT molecular complexity index is 1200. The molecule has 0 spiro atoms. The van der Waals surface area contributed by atoms with Gasteiger partial charge in [0.2, 0.25) is 0 Å². The highest BCUT2D eigenvalue weighted by Crippen LogP contribution is 2.45. The lowest BCUT2D eigenvalue weighted by Crippen LogP contribution is -2.30. The Labute approximate surface area is 185 Å². The molecule has 1 amide bonds. The molecular formula is C25H22N2O5. The normalized spacial score (nSPS) is 17.5. The topological polar surface area (TPSA) is 89.0 Å². The number of carbonyl (C=O) groups is 2. The van der Waals surface area contributed by atoms with Crippen molar-refractivity contribution in [3.05, 3.63) is 89.3 Å². The van der Waals surface area contributed by atoms with Gasteiger partial charge in [-0.15, -0.1) is 0 Å². The van der Waals surface area contributed by atoms with E-state index >= 15 is 0 Å². The SMILES string of the molecule is COc1cccc(OC)c1/C(O)=C1\C(=O)C(=O)N(c2ccccc2C)C1c1ccccn1. The molecule has 1 N–H and O–H groups in total. The van der Waals surface area contributed by atoms with Crippen LogP contribution in [0.25, 0.3) is 5.76 Å². The highest BCUT2D eigenvalue weighted by atomic mass is 16.5. The maximum Gasteiger partial charge on any atom is 0.300 e. The van der Waals surface area contributed by atoms with Gasteiger partial charge in [0.25, 0.3) is 11.7 Å². The van der Waals surface area contributed by atoms with Gasteiger partial charge >= 0.3 is 0 Å². The largest absolute Gasteiger partial charge is 0.506 e. The third-order valence-corrected chi connectivity index (χ3v) is 5.45. The third kappa shape index (κ3) is 3.37. The van der Waals surface area contributed by atoms with E-state index in [4.69, 9.17) is 9.47 Å². The van der Waals surface area contributed by atoms with Crippen molar-refractivity contribution in [2.24, 2.45) is 0 Å². The molecule has 162 valence electrons. The third-order valence-electron chi connectivity index (χ3n) is 5.45. The maximum atomic E-state index is 13.3. The number of pyridine rings is 1. The number of aliphatic hydroxyl groups excluding tert-OH is 1. The fourth-order valence-corrected chi connectivity index (χ4v) is 3.95. The summed E-state index contributed by atoms with van der Waals surface area (Å²) in [5.41, 5.74) is 1.94. The van der Waals surface area contributed by atoms with Crippen molar-refractivity contribution >= 4 is 23.1 Å². The number of ether oxygens (including phenoxy) is 2. The molecule has 1 saturated heterocycles. The molecule has 2 heterocycles. The molecule has 7 heteroatoms. The van der Waals surface area contributed by atoms with Crippen molar-refractivity contribution in [2.75, 3.05) is 19.1 Å². The molecule has 1 fully saturated rings. The lowest BCUT2D eigenvalue weighted by atomic mass is 9.97. The summed E-state index contributed by atoms with van der Waals surface area (Å²) in [6.45, 7) is 1.85. The van der Waals surface area contributed by atoms with Crippen molar-refractivity contribution in [2.45, 2.75) is 13.0 Å². The minimum atomic E-state index is -0.924. The first-order valence-electron chi connectivity index (χ1n) is 9.98. The highest BCUT2D eigenvalue weighted by molar-refractivity contribution is 6.51. The first-order chi connectivity index (χ1) is 15.5. The fraction of sp³-hybridized carbons (Fsp3) is 0.160. The van der Waals surface area contributed by atoms with Crippen LogP contribution in [-0.2, 0) is 9.59 Å². The average Bonchev–Trinajstić information content (AvgIpc) is 3.09. The van der Waals surface area contributed by atoms with Gasteiger partial charge in [-0.05, 0) is 42.8 Å². The van der Waals surface area contributed by atoms with E-state index in [0.29, 0.717) is 22.9 Å². The Hall–Kier alpha value is -4.13. The number of carbonyl (C=O) groups excluding carboxylic acids is 2. The van der Waals surface area contributed by atoms with Gasteiger partial charge in [-0.1, -0.05) is 30.3 Å². The van der Waals surface area contributed by atoms with Gasteiger partial charge in [0.05, 0.1) is 25.5 Å². The van der Waals surface area contributed by atoms with Gasteiger partial charge in [-0.3, -0.25) is 19.5 Å². The smallest absolute Gasteiger partial charge is 0.300 e. The quantitative estimate of drug-likeness (QED) is 0.373. The lowest BCUT2D eigenvalue weighted by molar-refractivity contribution is -0.132. The zero-order chi connectivity index (χ0) is 22.8. The number of aryl methyl sites for hydroxylation is 1. The van der Waals surface area contributed by atoms with E-state index in [2.05, 4.69) is 4.98 Å². The number of para-hydroxylation sites is 1. The predicted octanol–water partition coefficient (Wildman–Crippen LogP) is 4.03. The molecule has 3 aromatic rings. The van der Waals surface area contributed by atoms with E-state index in [0.717, 1.165) is 5.56 Å². The van der Waals surface area contributed by atoms with E-state index < -0.39 is 17.7 Å². The van der Waals surface area contributed by atoms with Crippen molar-refractivity contribution in [3.63, 3.8) is 0 Å². The van der Waals surface area contributed by atoms with E-state index in [1.54, 1.807) is 54.7 Å². The molecule has 1 unspecified atom stereocenters. The Balaban J connectivity index is 2.03. The van der Waals surface area contributed by atoms with E-state index in [1.807, 2.05) is 19.1 Å². The van der Waals surface area contributed by atoms with Crippen LogP contribution in [-0.4, -0.2) is 36.0 Å². The molecule has 32 heavy (non-hydrogen) atoms. The summed E-state index contributed by atoms with van der Waals surface area (Å²) >= 11 is 0. The Morgan fingerprint density at radius 3 is 2.19 bits per heavy atom. The molecule has 0 radical (unpaired) electrons. The number of hydrogen-bond donors (Lipinski definition) is 1. The summed E-state index contributed by atoms with van der Waals surface area (Å²) in [4.78, 5) is 32.3. The van der Waals surface area contributed by atoms with Gasteiger partial charge in [0.1, 0.15) is 28.9 Å². The standard InChI is InChI=1S/C25H22N2O5/c1-15-9-4-5-11-17(15)27-22(16-10-6-7-14-26-16)21(24(29)25(27)30)23(28)20-18(31-2)12-8-13-19(20)32-3/h4-14,22,28H,1-3H3/b23-21+. The predicted molar refractivity (Wildman–Crippen MR) is 120 cm³/mol. The molecule has 1 atom stereocenters. The summed E-state index contributed by atoms with van der Waals surface area (Å²) < 4.78 is 10.8. The maximum absolute atomic E-state index is 13.3. The van der Waals surface area contributed by atoms with Crippen LogP contribution in [0.4, 0.5) is 5.69 Å². The molecule has 1 aliphatic heterocycles. The summed E-state index contributed by atoms with van der Waals surface area (Å²) in [5.74, 6) is -1.32. The fourth-order valence-electron chi connectivity index (χ4n) is 3.95. The number of ketones is 1. The molecule has 0 saturated carbocycles. The number of aromatic nitrogens is 1. The number of Topliss-reactive ketones (excluding diaryl/α,β-unsaturated/α-hetero) is 1. The van der Waals surface area contributed by atoms with Crippen LogP contribution in [0.2, 0.25) is 0 Å². The van der Waals surface area contributed by atoms with Crippen LogP contribution in [0.15, 0.2) is 72.4 Å². The van der Waals surface area contributed by atoms with E-state index in [1.165, 1.54) is 19.1 Å². The minimum Gasteiger partial charge on any atom is -0.506 e. The molecule has 0 bridgehead atoms. The minimum absolute atomic E-state index is 0.0836. The van der Waals surface area contributed by atoms with E-state index in [-0.39, 0.29) is 16.9 Å². The second-order valence-corrected chi connectivity index (χ2v) is 7.25. The summed E-state index contributed by atoms with van der Waals surface area (Å²) in [6, 6.07) is 16.6. The Kier molecular flexibility index (Phi) is 5.64. The van der Waals surface area contributed by atoms with Gasteiger partial charge in [-0.25, -0.2) is 0 Å². The van der Waals surface area contributed by atoms with Crippen LogP contribution in [0.5, 0.6) is 11.5 Å². The lowest BCUT2D eigenvalue weighted by Gasteiger charge is -2.26.